The Morgan fingerprint density at radius 3 is 2.74 bits per heavy atom. The number of hydrogen-bond acceptors (Lipinski definition) is 5. The number of carbonyl (C=O) groups is 1. The molecule has 182 valence electrons. The first-order valence-electron chi connectivity index (χ1n) is 11.1. The highest BCUT2D eigenvalue weighted by molar-refractivity contribution is 6.76. The Bertz CT molecular complexity index is 1210. The summed E-state index contributed by atoms with van der Waals surface area (Å²) in [6.07, 6.45) is -0.120. The molecule has 0 unspecified atom stereocenters. The number of fused-ring (bicyclic) bond motifs is 1. The molecule has 34 heavy (non-hydrogen) atoms. The first kappa shape index (κ1) is 24.2. The molecule has 3 aromatic rings. The van der Waals surface area contributed by atoms with E-state index in [1.165, 1.54) is 16.9 Å². The van der Waals surface area contributed by atoms with Gasteiger partial charge in [-0.05, 0) is 30.3 Å². The minimum atomic E-state index is -1.30. The highest BCUT2D eigenvalue weighted by atomic mass is 28.3. The Balaban J connectivity index is 1.74. The highest BCUT2D eigenvalue weighted by Crippen LogP contribution is 2.40. The lowest BCUT2D eigenvalue weighted by molar-refractivity contribution is 0.0696. The van der Waals surface area contributed by atoms with Gasteiger partial charge in [0.05, 0.1) is 23.5 Å². The Kier molecular flexibility index (Phi) is 6.68. The van der Waals surface area contributed by atoms with E-state index in [9.17, 15) is 23.1 Å². The summed E-state index contributed by atoms with van der Waals surface area (Å²) in [7, 11) is -1.30. The van der Waals surface area contributed by atoms with Crippen molar-refractivity contribution in [2.75, 3.05) is 18.1 Å². The van der Waals surface area contributed by atoms with Crippen LogP contribution in [-0.4, -0.2) is 53.2 Å². The first-order valence-corrected chi connectivity index (χ1v) is 14.8. The molecule has 0 saturated carbocycles. The summed E-state index contributed by atoms with van der Waals surface area (Å²) in [5, 5.41) is 14.4. The zero-order chi connectivity index (χ0) is 24.6. The van der Waals surface area contributed by atoms with Gasteiger partial charge in [0.25, 0.3) is 0 Å². The number of carboxylic acids is 1. The van der Waals surface area contributed by atoms with Crippen LogP contribution in [0.2, 0.25) is 25.7 Å². The summed E-state index contributed by atoms with van der Waals surface area (Å²) in [5.41, 5.74) is 0.336. The SMILES string of the molecule is C[Si](C)(C)CCOCn1nc(N2C[C@@H](F)C[C@@H]2c2cc(F)ccc2F)c2cc(C(=O)O)cnc21. The number of anilines is 1. The van der Waals surface area contributed by atoms with E-state index in [1.807, 2.05) is 0 Å². The fourth-order valence-electron chi connectivity index (χ4n) is 4.08. The lowest BCUT2D eigenvalue weighted by atomic mass is 10.0. The molecule has 0 radical (unpaired) electrons. The number of hydrogen-bond donors (Lipinski definition) is 1. The zero-order valence-electron chi connectivity index (χ0n) is 19.3. The molecule has 1 saturated heterocycles. The molecule has 4 rings (SSSR count). The van der Waals surface area contributed by atoms with Crippen LogP contribution in [-0.2, 0) is 11.5 Å². The summed E-state index contributed by atoms with van der Waals surface area (Å²) in [6, 6.07) is 4.64. The molecular weight excluding hydrogens is 465 g/mol. The lowest BCUT2D eigenvalue weighted by Gasteiger charge is -2.25. The number of aromatic nitrogens is 3. The van der Waals surface area contributed by atoms with Crippen molar-refractivity contribution < 1.29 is 27.8 Å². The molecule has 3 heterocycles. The third-order valence-corrected chi connectivity index (χ3v) is 7.57. The van der Waals surface area contributed by atoms with Gasteiger partial charge in [-0.25, -0.2) is 27.6 Å². The smallest absolute Gasteiger partial charge is 0.337 e. The maximum Gasteiger partial charge on any atom is 0.337 e. The molecule has 11 heteroatoms. The van der Waals surface area contributed by atoms with E-state index in [4.69, 9.17) is 4.74 Å². The Morgan fingerprint density at radius 2 is 2.03 bits per heavy atom. The topological polar surface area (TPSA) is 80.5 Å². The summed E-state index contributed by atoms with van der Waals surface area (Å²) < 4.78 is 50.3. The summed E-state index contributed by atoms with van der Waals surface area (Å²) in [6.45, 7) is 7.22. The minimum absolute atomic E-state index is 0.0246. The van der Waals surface area contributed by atoms with Crippen molar-refractivity contribution in [3.05, 3.63) is 53.2 Å². The van der Waals surface area contributed by atoms with Gasteiger partial charge in [0.15, 0.2) is 11.5 Å². The quantitative estimate of drug-likeness (QED) is 0.352. The van der Waals surface area contributed by atoms with Crippen LogP contribution >= 0.6 is 0 Å². The van der Waals surface area contributed by atoms with Gasteiger partial charge in [0, 0.05) is 32.9 Å². The molecule has 7 nitrogen and oxygen atoms in total. The van der Waals surface area contributed by atoms with E-state index in [0.29, 0.717) is 17.6 Å². The molecular formula is C23H27F3N4O3Si. The van der Waals surface area contributed by atoms with Crippen molar-refractivity contribution in [1.29, 1.82) is 0 Å². The van der Waals surface area contributed by atoms with Crippen LogP contribution in [0.15, 0.2) is 30.5 Å². The van der Waals surface area contributed by atoms with E-state index < -0.39 is 37.9 Å². The van der Waals surface area contributed by atoms with Crippen LogP contribution in [0, 0.1) is 11.6 Å². The van der Waals surface area contributed by atoms with Gasteiger partial charge in [-0.2, -0.15) is 5.10 Å². The summed E-state index contributed by atoms with van der Waals surface area (Å²) >= 11 is 0. The molecule has 2 atom stereocenters. The summed E-state index contributed by atoms with van der Waals surface area (Å²) in [4.78, 5) is 17.4. The number of ether oxygens (including phenoxy) is 1. The number of benzene rings is 1. The number of alkyl halides is 1. The van der Waals surface area contributed by atoms with Gasteiger partial charge in [-0.1, -0.05) is 19.6 Å². The van der Waals surface area contributed by atoms with Crippen molar-refractivity contribution in [3.8, 4) is 0 Å². The molecule has 1 aliphatic rings. The molecule has 0 bridgehead atoms. The predicted molar refractivity (Wildman–Crippen MR) is 125 cm³/mol. The van der Waals surface area contributed by atoms with Crippen molar-refractivity contribution in [2.45, 2.75) is 51.1 Å². The van der Waals surface area contributed by atoms with E-state index in [0.717, 1.165) is 24.2 Å². The predicted octanol–water partition coefficient (Wildman–Crippen LogP) is 5.01. The number of halogens is 3. The van der Waals surface area contributed by atoms with Gasteiger partial charge in [-0.15, -0.1) is 0 Å². The molecule has 0 aliphatic carbocycles. The third kappa shape index (κ3) is 5.09. The number of carboxylic acid groups (broad SMARTS) is 1. The lowest BCUT2D eigenvalue weighted by Crippen LogP contribution is -2.25. The molecule has 2 aromatic heterocycles. The fraction of sp³-hybridized carbons (Fsp3) is 0.435. The van der Waals surface area contributed by atoms with E-state index in [2.05, 4.69) is 29.7 Å². The van der Waals surface area contributed by atoms with Crippen molar-refractivity contribution in [3.63, 3.8) is 0 Å². The number of pyridine rings is 1. The summed E-state index contributed by atoms with van der Waals surface area (Å²) in [5.74, 6) is -2.18. The second kappa shape index (κ2) is 9.38. The molecule has 0 spiro atoms. The standard InChI is InChI=1S/C23H27F3N4O3Si/c1-34(2,3)7-6-33-13-30-21-18(8-14(11-27-21)23(31)32)22(28-30)29-12-16(25)10-20(29)17-9-15(24)4-5-19(17)26/h4-5,8-9,11,16,20H,6-7,10,12-13H2,1-3H3,(H,31,32)/t16-,20+/m0/s1. The molecule has 1 N–H and O–H groups in total. The van der Waals surface area contributed by atoms with E-state index in [-0.39, 0.29) is 36.6 Å². The van der Waals surface area contributed by atoms with Gasteiger partial charge in [-0.3, -0.25) is 0 Å². The van der Waals surface area contributed by atoms with Crippen molar-refractivity contribution in [2.24, 2.45) is 0 Å². The average molecular weight is 493 g/mol. The van der Waals surface area contributed by atoms with Crippen molar-refractivity contribution in [1.82, 2.24) is 14.8 Å². The Hall–Kier alpha value is -2.92. The molecule has 1 aliphatic heterocycles. The molecule has 0 amide bonds. The third-order valence-electron chi connectivity index (χ3n) is 5.86. The highest BCUT2D eigenvalue weighted by Gasteiger charge is 2.37. The van der Waals surface area contributed by atoms with Gasteiger partial charge in [0.2, 0.25) is 0 Å². The first-order chi connectivity index (χ1) is 16.0. The van der Waals surface area contributed by atoms with Crippen LogP contribution in [0.1, 0.15) is 28.4 Å². The number of aromatic carboxylic acids is 1. The Morgan fingerprint density at radius 1 is 1.26 bits per heavy atom. The second-order valence-corrected chi connectivity index (χ2v) is 15.4. The zero-order valence-corrected chi connectivity index (χ0v) is 20.3. The van der Waals surface area contributed by atoms with Gasteiger partial charge in [0.1, 0.15) is 24.5 Å². The van der Waals surface area contributed by atoms with E-state index >= 15 is 0 Å². The number of nitrogens with zero attached hydrogens (tertiary/aromatic N) is 4. The molecule has 1 fully saturated rings. The molecule has 1 aromatic carbocycles. The maximum absolute atomic E-state index is 14.6. The second-order valence-electron chi connectivity index (χ2n) is 9.74. The van der Waals surface area contributed by atoms with Gasteiger partial charge < -0.3 is 14.7 Å². The van der Waals surface area contributed by atoms with Gasteiger partial charge >= 0.3 is 5.97 Å². The largest absolute Gasteiger partial charge is 0.478 e. The van der Waals surface area contributed by atoms with Crippen LogP contribution in [0.5, 0.6) is 0 Å². The van der Waals surface area contributed by atoms with E-state index in [1.54, 1.807) is 4.90 Å². The number of rotatable bonds is 8. The minimum Gasteiger partial charge on any atom is -0.478 e. The van der Waals surface area contributed by atoms with Crippen molar-refractivity contribution >= 4 is 30.9 Å². The average Bonchev–Trinajstić information content (AvgIpc) is 3.32. The van der Waals surface area contributed by atoms with Crippen LogP contribution in [0.3, 0.4) is 0 Å². The van der Waals surface area contributed by atoms with Crippen LogP contribution in [0.25, 0.3) is 11.0 Å². The maximum atomic E-state index is 14.6. The van der Waals surface area contributed by atoms with Crippen LogP contribution in [0.4, 0.5) is 19.0 Å². The monoisotopic (exact) mass is 492 g/mol. The van der Waals surface area contributed by atoms with Crippen LogP contribution < -0.4 is 4.90 Å². The Labute approximate surface area is 196 Å². The fourth-order valence-corrected chi connectivity index (χ4v) is 4.83. The normalized spacial score (nSPS) is 18.7.